The highest BCUT2D eigenvalue weighted by atomic mass is 16.6. The Balaban J connectivity index is 2.00. The molecule has 19 heavy (non-hydrogen) atoms. The molecule has 0 saturated carbocycles. The summed E-state index contributed by atoms with van der Waals surface area (Å²) in [5, 5.41) is 28.6. The van der Waals surface area contributed by atoms with Crippen LogP contribution >= 0.6 is 0 Å². The molecule has 9 nitrogen and oxygen atoms in total. The second-order valence-corrected chi connectivity index (χ2v) is 4.33. The first-order chi connectivity index (χ1) is 9.11. The molecule has 0 bridgehead atoms. The topological polar surface area (TPSA) is 150 Å². The average Bonchev–Trinajstić information content (AvgIpc) is 2.96. The minimum absolute atomic E-state index is 0.125. The van der Waals surface area contributed by atoms with E-state index >= 15 is 0 Å². The van der Waals surface area contributed by atoms with Crippen molar-refractivity contribution in [2.45, 2.75) is 24.4 Å². The number of H-pyrrole nitrogens is 1. The zero-order chi connectivity index (χ0) is 13.6. The monoisotopic (exact) mass is 267 g/mol. The summed E-state index contributed by atoms with van der Waals surface area (Å²) in [4.78, 5) is 14.9. The van der Waals surface area contributed by atoms with Crippen molar-refractivity contribution in [2.75, 3.05) is 12.3 Å². The first-order valence-electron chi connectivity index (χ1n) is 5.70. The number of nitrogens with zero attached hydrogens (tertiary/aromatic N) is 3. The first kappa shape index (κ1) is 12.2. The van der Waals surface area contributed by atoms with Crippen LogP contribution in [0.2, 0.25) is 0 Å². The molecule has 1 unspecified atom stereocenters. The van der Waals surface area contributed by atoms with E-state index in [4.69, 9.17) is 15.6 Å². The second-order valence-electron chi connectivity index (χ2n) is 4.33. The Morgan fingerprint density at radius 2 is 2.11 bits per heavy atom. The van der Waals surface area contributed by atoms with Gasteiger partial charge in [-0.2, -0.15) is 0 Å². The van der Waals surface area contributed by atoms with Crippen molar-refractivity contribution in [1.82, 2.24) is 19.9 Å². The number of nitrogens with two attached hydrogens (primary N) is 1. The van der Waals surface area contributed by atoms with Gasteiger partial charge in [0.05, 0.1) is 12.9 Å². The van der Waals surface area contributed by atoms with Gasteiger partial charge in [0.1, 0.15) is 29.9 Å². The third kappa shape index (κ3) is 1.83. The van der Waals surface area contributed by atoms with Gasteiger partial charge in [0.2, 0.25) is 0 Å². The number of hydrogen-bond acceptors (Lipinski definition) is 8. The Bertz CT molecular complexity index is 603. The van der Waals surface area contributed by atoms with E-state index in [9.17, 15) is 10.2 Å². The number of aromatic nitrogens is 4. The fraction of sp³-hybridized carbons (Fsp3) is 0.500. The standard InChI is InChI=1S/C10H13N5O4/c11-8-4-9(13-2-12-4)15-10(14-8)7-6(18)5(17)3(1-16)19-7/h2-3,5-7,16-18H,1H2,(H3,11,12,13,14,15)/t3-,5+,6+,7?/m1/s1. The molecule has 1 fully saturated rings. The fourth-order valence-corrected chi connectivity index (χ4v) is 2.11. The van der Waals surface area contributed by atoms with Gasteiger partial charge >= 0.3 is 0 Å². The van der Waals surface area contributed by atoms with Gasteiger partial charge in [-0.3, -0.25) is 0 Å². The zero-order valence-electron chi connectivity index (χ0n) is 9.76. The zero-order valence-corrected chi connectivity index (χ0v) is 9.76. The molecule has 6 N–H and O–H groups in total. The molecule has 1 aliphatic rings. The molecular weight excluding hydrogens is 254 g/mol. The number of rotatable bonds is 2. The third-order valence-corrected chi connectivity index (χ3v) is 3.13. The predicted molar refractivity (Wildman–Crippen MR) is 62.8 cm³/mol. The molecular formula is C10H13N5O4. The van der Waals surface area contributed by atoms with Crippen LogP contribution in [-0.4, -0.2) is 60.2 Å². The molecule has 3 rings (SSSR count). The predicted octanol–water partition coefficient (Wildman–Crippen LogP) is -1.91. The Morgan fingerprint density at radius 3 is 2.79 bits per heavy atom. The molecule has 0 aromatic carbocycles. The van der Waals surface area contributed by atoms with Gasteiger partial charge in [0.25, 0.3) is 0 Å². The normalized spacial score (nSPS) is 31.1. The maximum Gasteiger partial charge on any atom is 0.183 e. The van der Waals surface area contributed by atoms with E-state index in [1.165, 1.54) is 6.33 Å². The average molecular weight is 267 g/mol. The molecule has 0 aliphatic carbocycles. The van der Waals surface area contributed by atoms with Crippen LogP contribution in [0.5, 0.6) is 0 Å². The fourth-order valence-electron chi connectivity index (χ4n) is 2.11. The van der Waals surface area contributed by atoms with Crippen LogP contribution in [-0.2, 0) is 4.74 Å². The minimum Gasteiger partial charge on any atom is -0.394 e. The molecule has 1 aliphatic heterocycles. The molecule has 0 spiro atoms. The van der Waals surface area contributed by atoms with E-state index in [-0.39, 0.29) is 11.6 Å². The summed E-state index contributed by atoms with van der Waals surface area (Å²) >= 11 is 0. The molecule has 102 valence electrons. The van der Waals surface area contributed by atoms with E-state index in [0.29, 0.717) is 11.2 Å². The Kier molecular flexibility index (Phi) is 2.82. The molecule has 4 atom stereocenters. The number of imidazole rings is 1. The quantitative estimate of drug-likeness (QED) is 0.423. The number of nitrogen functional groups attached to an aromatic ring is 1. The van der Waals surface area contributed by atoms with Crippen LogP contribution in [0.4, 0.5) is 5.82 Å². The van der Waals surface area contributed by atoms with Crippen LogP contribution in [0.3, 0.4) is 0 Å². The highest BCUT2D eigenvalue weighted by Gasteiger charge is 2.44. The first-order valence-corrected chi connectivity index (χ1v) is 5.70. The summed E-state index contributed by atoms with van der Waals surface area (Å²) in [6.07, 6.45) is -2.82. The molecule has 1 saturated heterocycles. The van der Waals surface area contributed by atoms with Crippen LogP contribution in [0.1, 0.15) is 11.9 Å². The van der Waals surface area contributed by atoms with Crippen LogP contribution < -0.4 is 5.73 Å². The number of aromatic amines is 1. The van der Waals surface area contributed by atoms with Crippen molar-refractivity contribution in [2.24, 2.45) is 0 Å². The van der Waals surface area contributed by atoms with Gasteiger partial charge in [0.15, 0.2) is 17.3 Å². The number of aliphatic hydroxyl groups excluding tert-OH is 3. The number of fused-ring (bicyclic) bond motifs is 1. The summed E-state index contributed by atoms with van der Waals surface area (Å²) < 4.78 is 5.33. The van der Waals surface area contributed by atoms with Crippen LogP contribution in [0, 0.1) is 0 Å². The smallest absolute Gasteiger partial charge is 0.183 e. The van der Waals surface area contributed by atoms with Crippen LogP contribution in [0.25, 0.3) is 11.2 Å². The highest BCUT2D eigenvalue weighted by molar-refractivity contribution is 5.80. The lowest BCUT2D eigenvalue weighted by Gasteiger charge is -2.13. The summed E-state index contributed by atoms with van der Waals surface area (Å²) in [7, 11) is 0. The summed E-state index contributed by atoms with van der Waals surface area (Å²) in [6.45, 7) is -0.408. The Labute approximate surface area is 107 Å². The summed E-state index contributed by atoms with van der Waals surface area (Å²) in [5.74, 6) is 0.301. The van der Waals surface area contributed by atoms with Gasteiger partial charge in [-0.1, -0.05) is 0 Å². The van der Waals surface area contributed by atoms with Gasteiger partial charge in [0, 0.05) is 0 Å². The number of hydrogen-bond donors (Lipinski definition) is 5. The molecule has 0 amide bonds. The summed E-state index contributed by atoms with van der Waals surface area (Å²) in [6, 6.07) is 0. The van der Waals surface area contributed by atoms with Gasteiger partial charge < -0.3 is 30.8 Å². The molecule has 2 aromatic rings. The van der Waals surface area contributed by atoms with Gasteiger partial charge in [-0.15, -0.1) is 0 Å². The van der Waals surface area contributed by atoms with Gasteiger partial charge in [-0.05, 0) is 0 Å². The third-order valence-electron chi connectivity index (χ3n) is 3.13. The lowest BCUT2D eigenvalue weighted by Crippen LogP contribution is -2.32. The Morgan fingerprint density at radius 1 is 1.32 bits per heavy atom. The van der Waals surface area contributed by atoms with Crippen molar-refractivity contribution in [3.8, 4) is 0 Å². The number of nitrogens with one attached hydrogen (secondary N) is 1. The van der Waals surface area contributed by atoms with Crippen molar-refractivity contribution in [3.05, 3.63) is 12.2 Å². The van der Waals surface area contributed by atoms with Crippen molar-refractivity contribution >= 4 is 17.0 Å². The van der Waals surface area contributed by atoms with E-state index in [2.05, 4.69) is 19.9 Å². The van der Waals surface area contributed by atoms with Crippen molar-refractivity contribution < 1.29 is 20.1 Å². The van der Waals surface area contributed by atoms with Crippen molar-refractivity contribution in [1.29, 1.82) is 0 Å². The minimum atomic E-state index is -1.23. The van der Waals surface area contributed by atoms with E-state index in [0.717, 1.165) is 0 Å². The molecule has 3 heterocycles. The second kappa shape index (κ2) is 4.38. The maximum absolute atomic E-state index is 9.89. The van der Waals surface area contributed by atoms with Crippen molar-refractivity contribution in [3.63, 3.8) is 0 Å². The lowest BCUT2D eigenvalue weighted by molar-refractivity contribution is -0.0251. The largest absolute Gasteiger partial charge is 0.394 e. The highest BCUT2D eigenvalue weighted by Crippen LogP contribution is 2.32. The van der Waals surface area contributed by atoms with E-state index < -0.39 is 31.0 Å². The summed E-state index contributed by atoms with van der Waals surface area (Å²) in [5.41, 5.74) is 6.59. The Hall–Kier alpha value is -1.81. The SMILES string of the molecule is Nc1nc(C2O[C@H](CO)[C@H](O)[C@@H]2O)nc2nc[nH]c12. The molecule has 2 aromatic heterocycles. The lowest BCUT2D eigenvalue weighted by atomic mass is 10.1. The van der Waals surface area contributed by atoms with Gasteiger partial charge in [-0.25, -0.2) is 15.0 Å². The van der Waals surface area contributed by atoms with Crippen LogP contribution in [0.15, 0.2) is 6.33 Å². The van der Waals surface area contributed by atoms with E-state index in [1.807, 2.05) is 0 Å². The number of anilines is 1. The molecule has 0 radical (unpaired) electrons. The number of ether oxygens (including phenoxy) is 1. The number of aliphatic hydroxyl groups is 3. The maximum atomic E-state index is 9.89. The van der Waals surface area contributed by atoms with E-state index in [1.54, 1.807) is 0 Å². The molecule has 9 heteroatoms.